The zero-order valence-electron chi connectivity index (χ0n) is 14.8. The lowest BCUT2D eigenvalue weighted by molar-refractivity contribution is -0.274. The fourth-order valence-electron chi connectivity index (χ4n) is 2.23. The second kappa shape index (κ2) is 9.36. The van der Waals surface area contributed by atoms with Crippen molar-refractivity contribution in [2.75, 3.05) is 0 Å². The molecule has 0 saturated carbocycles. The van der Waals surface area contributed by atoms with Crippen LogP contribution in [0.15, 0.2) is 48.3 Å². The Bertz CT molecular complexity index is 901. The van der Waals surface area contributed by atoms with Crippen LogP contribution >= 0.6 is 0 Å². The van der Waals surface area contributed by atoms with E-state index in [4.69, 9.17) is 0 Å². The van der Waals surface area contributed by atoms with Gasteiger partial charge in [0.15, 0.2) is 5.83 Å². The van der Waals surface area contributed by atoms with Gasteiger partial charge in [0, 0.05) is 17.5 Å². The van der Waals surface area contributed by atoms with Gasteiger partial charge in [0.1, 0.15) is 17.4 Å². The molecule has 0 atom stereocenters. The Morgan fingerprint density at radius 3 is 2.25 bits per heavy atom. The number of hydrogen-bond donors (Lipinski definition) is 0. The van der Waals surface area contributed by atoms with Crippen LogP contribution in [0.3, 0.4) is 0 Å². The first-order chi connectivity index (χ1) is 13.2. The number of rotatable bonds is 5. The molecule has 0 heterocycles. The minimum atomic E-state index is -4.79. The van der Waals surface area contributed by atoms with Gasteiger partial charge in [0.05, 0.1) is 5.56 Å². The number of alkyl halides is 3. The summed E-state index contributed by atoms with van der Waals surface area (Å²) in [6.07, 6.45) is -3.66. The van der Waals surface area contributed by atoms with Crippen molar-refractivity contribution in [1.29, 1.82) is 0 Å². The van der Waals surface area contributed by atoms with Gasteiger partial charge in [-0.1, -0.05) is 31.3 Å². The third kappa shape index (κ3) is 6.38. The summed E-state index contributed by atoms with van der Waals surface area (Å²) in [4.78, 5) is 0. The quantitative estimate of drug-likeness (QED) is 0.392. The molecule has 0 spiro atoms. The average Bonchev–Trinajstić information content (AvgIpc) is 2.64. The van der Waals surface area contributed by atoms with Crippen LogP contribution in [-0.4, -0.2) is 6.36 Å². The van der Waals surface area contributed by atoms with Gasteiger partial charge in [-0.05, 0) is 42.8 Å². The van der Waals surface area contributed by atoms with Crippen LogP contribution in [0, 0.1) is 17.7 Å². The molecular weight excluding hydrogens is 382 g/mol. The van der Waals surface area contributed by atoms with Crippen LogP contribution in [-0.2, 0) is 0 Å². The van der Waals surface area contributed by atoms with E-state index in [1.807, 2.05) is 6.92 Å². The lowest BCUT2D eigenvalue weighted by Gasteiger charge is -2.08. The van der Waals surface area contributed by atoms with Gasteiger partial charge in [0.25, 0.3) is 0 Å². The number of halogens is 6. The maximum Gasteiger partial charge on any atom is 0.573 e. The average molecular weight is 398 g/mol. The highest BCUT2D eigenvalue weighted by Gasteiger charge is 2.30. The third-order valence-electron chi connectivity index (χ3n) is 3.64. The predicted molar refractivity (Wildman–Crippen MR) is 94.2 cm³/mol. The zero-order chi connectivity index (χ0) is 20.7. The Labute approximate surface area is 158 Å². The summed E-state index contributed by atoms with van der Waals surface area (Å²) in [5.41, 5.74) is 0.0566. The van der Waals surface area contributed by atoms with Crippen LogP contribution in [0.5, 0.6) is 5.75 Å². The molecule has 7 heteroatoms. The highest BCUT2D eigenvalue weighted by Crippen LogP contribution is 2.26. The molecule has 0 fully saturated rings. The van der Waals surface area contributed by atoms with Crippen molar-refractivity contribution in [3.63, 3.8) is 0 Å². The van der Waals surface area contributed by atoms with E-state index in [9.17, 15) is 26.3 Å². The van der Waals surface area contributed by atoms with Crippen molar-refractivity contribution < 1.29 is 31.1 Å². The van der Waals surface area contributed by atoms with E-state index in [0.29, 0.717) is 18.4 Å². The molecule has 0 saturated heterocycles. The number of benzene rings is 2. The van der Waals surface area contributed by atoms with Crippen molar-refractivity contribution in [3.05, 3.63) is 70.8 Å². The van der Waals surface area contributed by atoms with E-state index in [1.165, 1.54) is 24.3 Å². The summed E-state index contributed by atoms with van der Waals surface area (Å²) in [5.74, 6) is 1.82. The molecule has 148 valence electrons. The van der Waals surface area contributed by atoms with Crippen LogP contribution in [0.4, 0.5) is 26.3 Å². The minimum absolute atomic E-state index is 0.0545. The van der Waals surface area contributed by atoms with Gasteiger partial charge in [-0.25, -0.2) is 13.2 Å². The van der Waals surface area contributed by atoms with E-state index < -0.39 is 29.6 Å². The van der Waals surface area contributed by atoms with Crippen LogP contribution in [0.2, 0.25) is 0 Å². The van der Waals surface area contributed by atoms with Crippen molar-refractivity contribution >= 4 is 5.83 Å². The van der Waals surface area contributed by atoms with E-state index in [-0.39, 0.29) is 17.5 Å². The second-order valence-corrected chi connectivity index (χ2v) is 5.84. The number of hydrogen-bond acceptors (Lipinski definition) is 1. The van der Waals surface area contributed by atoms with Gasteiger partial charge in [-0.15, -0.1) is 13.2 Å². The molecule has 0 radical (unpaired) electrons. The van der Waals surface area contributed by atoms with Crippen molar-refractivity contribution in [1.82, 2.24) is 0 Å². The summed E-state index contributed by atoms with van der Waals surface area (Å²) in [7, 11) is 0. The number of allylic oxidation sites excluding steroid dienone is 1. The normalized spacial score (nSPS) is 12.1. The van der Waals surface area contributed by atoms with Crippen LogP contribution in [0.25, 0.3) is 5.83 Å². The highest BCUT2D eigenvalue weighted by atomic mass is 19.4. The Kier molecular flexibility index (Phi) is 7.16. The molecule has 0 bridgehead atoms. The van der Waals surface area contributed by atoms with Gasteiger partial charge in [0.2, 0.25) is 0 Å². The molecule has 28 heavy (non-hydrogen) atoms. The van der Waals surface area contributed by atoms with Crippen molar-refractivity contribution in [3.8, 4) is 17.6 Å². The first-order valence-electron chi connectivity index (χ1n) is 8.41. The fourth-order valence-corrected chi connectivity index (χ4v) is 2.23. The first-order valence-corrected chi connectivity index (χ1v) is 8.41. The van der Waals surface area contributed by atoms with Crippen molar-refractivity contribution in [2.24, 2.45) is 0 Å². The zero-order valence-corrected chi connectivity index (χ0v) is 14.8. The molecule has 2 aromatic carbocycles. The molecule has 0 N–H and O–H groups in total. The Hall–Kier alpha value is -2.88. The van der Waals surface area contributed by atoms with E-state index in [1.54, 1.807) is 0 Å². The van der Waals surface area contributed by atoms with Gasteiger partial charge >= 0.3 is 6.36 Å². The SMILES string of the molecule is CCCCC(F)=C(F)c1ccc(C#Cc2ccc(OC(F)(F)F)cc2)c(F)c1. The Morgan fingerprint density at radius 2 is 1.68 bits per heavy atom. The molecule has 2 aromatic rings. The maximum atomic E-state index is 14.1. The molecule has 0 aliphatic heterocycles. The van der Waals surface area contributed by atoms with Crippen LogP contribution in [0.1, 0.15) is 42.9 Å². The summed E-state index contributed by atoms with van der Waals surface area (Å²) in [6.45, 7) is 1.84. The monoisotopic (exact) mass is 398 g/mol. The maximum absolute atomic E-state index is 14.1. The van der Waals surface area contributed by atoms with Gasteiger partial charge < -0.3 is 4.74 Å². The summed E-state index contributed by atoms with van der Waals surface area (Å²) >= 11 is 0. The lowest BCUT2D eigenvalue weighted by atomic mass is 10.1. The van der Waals surface area contributed by atoms with Gasteiger partial charge in [-0.2, -0.15) is 0 Å². The Balaban J connectivity index is 2.16. The lowest BCUT2D eigenvalue weighted by Crippen LogP contribution is -2.16. The van der Waals surface area contributed by atoms with E-state index in [2.05, 4.69) is 16.6 Å². The number of ether oxygens (including phenoxy) is 1. The molecule has 2 rings (SSSR count). The highest BCUT2D eigenvalue weighted by molar-refractivity contribution is 5.62. The first kappa shape index (κ1) is 21.4. The summed E-state index contributed by atoms with van der Waals surface area (Å²) in [6, 6.07) is 8.01. The molecule has 1 nitrogen and oxygen atoms in total. The number of unbranched alkanes of at least 4 members (excludes halogenated alkanes) is 1. The summed E-state index contributed by atoms with van der Waals surface area (Å²) < 4.78 is 81.9. The smallest absolute Gasteiger partial charge is 0.406 e. The molecule has 0 aromatic heterocycles. The summed E-state index contributed by atoms with van der Waals surface area (Å²) in [5, 5.41) is 0. The molecule has 0 unspecified atom stereocenters. The van der Waals surface area contributed by atoms with Crippen LogP contribution < -0.4 is 4.74 Å². The molecular formula is C21H16F6O. The van der Waals surface area contributed by atoms with E-state index in [0.717, 1.165) is 18.2 Å². The fraction of sp³-hybridized carbons (Fsp3) is 0.238. The Morgan fingerprint density at radius 1 is 1.00 bits per heavy atom. The van der Waals surface area contributed by atoms with E-state index >= 15 is 0 Å². The molecule has 0 aliphatic carbocycles. The second-order valence-electron chi connectivity index (χ2n) is 5.84. The van der Waals surface area contributed by atoms with Crippen molar-refractivity contribution in [2.45, 2.75) is 32.5 Å². The molecule has 0 aliphatic rings. The predicted octanol–water partition coefficient (Wildman–Crippen LogP) is 6.92. The molecule has 0 amide bonds. The third-order valence-corrected chi connectivity index (χ3v) is 3.64. The standard InChI is InChI=1S/C21H16F6O/c1-2-3-4-18(22)20(24)16-10-9-15(19(23)13-16)8-5-14-6-11-17(12-7-14)28-21(25,26)27/h6-7,9-13H,2-4H2,1H3. The largest absolute Gasteiger partial charge is 0.573 e. The van der Waals surface area contributed by atoms with Gasteiger partial charge in [-0.3, -0.25) is 0 Å². The topological polar surface area (TPSA) is 9.23 Å². The minimum Gasteiger partial charge on any atom is -0.406 e.